The Morgan fingerprint density at radius 1 is 1.24 bits per heavy atom. The summed E-state index contributed by atoms with van der Waals surface area (Å²) in [5.41, 5.74) is 0.914. The lowest BCUT2D eigenvalue weighted by atomic mass is 10.1. The van der Waals surface area contributed by atoms with E-state index in [0.717, 1.165) is 28.9 Å². The quantitative estimate of drug-likeness (QED) is 0.813. The smallest absolute Gasteiger partial charge is 0.312 e. The SMILES string of the molecule is CCCNCc1sc(-c2ccccc2C)nc1C(F)(F)F. The molecule has 0 amide bonds. The van der Waals surface area contributed by atoms with E-state index in [2.05, 4.69) is 10.3 Å². The molecule has 1 N–H and O–H groups in total. The summed E-state index contributed by atoms with van der Waals surface area (Å²) >= 11 is 1.11. The normalized spacial score (nSPS) is 11.9. The predicted molar refractivity (Wildman–Crippen MR) is 79.3 cm³/mol. The van der Waals surface area contributed by atoms with Gasteiger partial charge in [-0.3, -0.25) is 0 Å². The molecule has 2 aromatic rings. The Labute approximate surface area is 126 Å². The van der Waals surface area contributed by atoms with Crippen LogP contribution in [0.4, 0.5) is 13.2 Å². The van der Waals surface area contributed by atoms with E-state index in [0.29, 0.717) is 11.6 Å². The van der Waals surface area contributed by atoms with Gasteiger partial charge in [0.2, 0.25) is 0 Å². The van der Waals surface area contributed by atoms with Crippen molar-refractivity contribution < 1.29 is 13.2 Å². The maximum atomic E-state index is 13.1. The highest BCUT2D eigenvalue weighted by Gasteiger charge is 2.37. The molecule has 0 aliphatic rings. The van der Waals surface area contributed by atoms with Crippen molar-refractivity contribution in [1.82, 2.24) is 10.3 Å². The molecule has 0 spiro atoms. The minimum absolute atomic E-state index is 0.201. The summed E-state index contributed by atoms with van der Waals surface area (Å²) in [5.74, 6) is 0. The fraction of sp³-hybridized carbons (Fsp3) is 0.400. The second-order valence-electron chi connectivity index (χ2n) is 4.78. The number of hydrogen-bond acceptors (Lipinski definition) is 3. The lowest BCUT2D eigenvalue weighted by Crippen LogP contribution is -2.17. The average molecular weight is 314 g/mol. The molecule has 0 saturated carbocycles. The standard InChI is InChI=1S/C15H17F3N2S/c1-3-8-19-9-12-13(15(16,17)18)20-14(21-12)11-7-5-4-6-10(11)2/h4-7,19H,3,8-9H2,1-2H3. The molecule has 0 fully saturated rings. The van der Waals surface area contributed by atoms with E-state index < -0.39 is 11.9 Å². The van der Waals surface area contributed by atoms with Crippen molar-refractivity contribution in [3.05, 3.63) is 40.4 Å². The number of aromatic nitrogens is 1. The van der Waals surface area contributed by atoms with Gasteiger partial charge in [0.15, 0.2) is 5.69 Å². The van der Waals surface area contributed by atoms with Crippen LogP contribution in [0.25, 0.3) is 10.6 Å². The van der Waals surface area contributed by atoms with Gasteiger partial charge < -0.3 is 5.32 Å². The molecule has 2 nitrogen and oxygen atoms in total. The van der Waals surface area contributed by atoms with Crippen molar-refractivity contribution in [2.45, 2.75) is 33.0 Å². The minimum Gasteiger partial charge on any atom is -0.312 e. The monoisotopic (exact) mass is 314 g/mol. The van der Waals surface area contributed by atoms with Gasteiger partial charge in [0, 0.05) is 12.1 Å². The molecular weight excluding hydrogens is 297 g/mol. The Bertz CT molecular complexity index is 605. The highest BCUT2D eigenvalue weighted by molar-refractivity contribution is 7.15. The highest BCUT2D eigenvalue weighted by atomic mass is 32.1. The van der Waals surface area contributed by atoms with Crippen LogP contribution < -0.4 is 5.32 Å². The van der Waals surface area contributed by atoms with E-state index in [1.807, 2.05) is 32.0 Å². The highest BCUT2D eigenvalue weighted by Crippen LogP contribution is 2.38. The summed E-state index contributed by atoms with van der Waals surface area (Å²) in [4.78, 5) is 4.09. The largest absolute Gasteiger partial charge is 0.434 e. The number of rotatable bonds is 5. The molecule has 0 bridgehead atoms. The molecule has 0 atom stereocenters. The van der Waals surface area contributed by atoms with Gasteiger partial charge >= 0.3 is 6.18 Å². The molecule has 21 heavy (non-hydrogen) atoms. The average Bonchev–Trinajstić information content (AvgIpc) is 2.83. The molecule has 1 heterocycles. The van der Waals surface area contributed by atoms with Gasteiger partial charge in [-0.05, 0) is 25.5 Å². The first kappa shape index (κ1) is 16.0. The van der Waals surface area contributed by atoms with E-state index in [4.69, 9.17) is 0 Å². The first-order valence-corrected chi connectivity index (χ1v) is 7.58. The number of nitrogens with zero attached hydrogens (tertiary/aromatic N) is 1. The molecule has 6 heteroatoms. The van der Waals surface area contributed by atoms with Crippen LogP contribution in [0.3, 0.4) is 0 Å². The van der Waals surface area contributed by atoms with Crippen molar-refractivity contribution in [2.75, 3.05) is 6.54 Å². The van der Waals surface area contributed by atoms with Crippen LogP contribution in [0.2, 0.25) is 0 Å². The zero-order chi connectivity index (χ0) is 15.5. The van der Waals surface area contributed by atoms with E-state index in [1.54, 1.807) is 6.07 Å². The maximum absolute atomic E-state index is 13.1. The zero-order valence-electron chi connectivity index (χ0n) is 11.9. The first-order chi connectivity index (χ1) is 9.93. The van der Waals surface area contributed by atoms with Gasteiger partial charge in [-0.2, -0.15) is 13.2 Å². The molecule has 114 valence electrons. The summed E-state index contributed by atoms with van der Waals surface area (Å²) < 4.78 is 39.3. The van der Waals surface area contributed by atoms with Gasteiger partial charge in [0.1, 0.15) is 5.01 Å². The third kappa shape index (κ3) is 3.83. The second-order valence-corrected chi connectivity index (χ2v) is 5.86. The second kappa shape index (κ2) is 6.58. The van der Waals surface area contributed by atoms with Gasteiger partial charge in [0.05, 0.1) is 4.88 Å². The summed E-state index contributed by atoms with van der Waals surface area (Å²) in [6.45, 7) is 4.74. The number of thiazole rings is 1. The number of benzene rings is 1. The van der Waals surface area contributed by atoms with Crippen molar-refractivity contribution in [3.8, 4) is 10.6 Å². The molecule has 0 saturated heterocycles. The predicted octanol–water partition coefficient (Wildman–Crippen LogP) is 4.64. The first-order valence-electron chi connectivity index (χ1n) is 6.77. The van der Waals surface area contributed by atoms with Gasteiger partial charge in [-0.1, -0.05) is 31.2 Å². The Morgan fingerprint density at radius 2 is 1.95 bits per heavy atom. The van der Waals surface area contributed by atoms with Crippen LogP contribution in [0.15, 0.2) is 24.3 Å². The molecule has 0 aliphatic heterocycles. The molecule has 1 aromatic heterocycles. The van der Waals surface area contributed by atoms with Crippen LogP contribution in [-0.2, 0) is 12.7 Å². The summed E-state index contributed by atoms with van der Waals surface area (Å²) in [6, 6.07) is 7.35. The Hall–Kier alpha value is -1.40. The van der Waals surface area contributed by atoms with Crippen molar-refractivity contribution in [3.63, 3.8) is 0 Å². The number of nitrogens with one attached hydrogen (secondary N) is 1. The van der Waals surface area contributed by atoms with Crippen LogP contribution in [0.5, 0.6) is 0 Å². The van der Waals surface area contributed by atoms with Gasteiger partial charge in [-0.25, -0.2) is 4.98 Å². The minimum atomic E-state index is -4.42. The summed E-state index contributed by atoms with van der Waals surface area (Å²) in [7, 11) is 0. The van der Waals surface area contributed by atoms with Crippen molar-refractivity contribution in [2.24, 2.45) is 0 Å². The lowest BCUT2D eigenvalue weighted by molar-refractivity contribution is -0.141. The number of hydrogen-bond donors (Lipinski definition) is 1. The number of aryl methyl sites for hydroxylation is 1. The maximum Gasteiger partial charge on any atom is 0.434 e. The Kier molecular flexibility index (Phi) is 5.00. The van der Waals surface area contributed by atoms with E-state index in [1.165, 1.54) is 0 Å². The van der Waals surface area contributed by atoms with Crippen molar-refractivity contribution in [1.29, 1.82) is 0 Å². The number of halogens is 3. The van der Waals surface area contributed by atoms with Gasteiger partial charge in [0.25, 0.3) is 0 Å². The van der Waals surface area contributed by atoms with Crippen molar-refractivity contribution >= 4 is 11.3 Å². The van der Waals surface area contributed by atoms with E-state index >= 15 is 0 Å². The molecule has 0 unspecified atom stereocenters. The van der Waals surface area contributed by atoms with Crippen LogP contribution in [0.1, 0.15) is 29.5 Å². The topological polar surface area (TPSA) is 24.9 Å². The summed E-state index contributed by atoms with van der Waals surface area (Å²) in [5, 5.41) is 3.44. The number of alkyl halides is 3. The zero-order valence-corrected chi connectivity index (χ0v) is 12.7. The molecular formula is C15H17F3N2S. The van der Waals surface area contributed by atoms with Crippen LogP contribution in [0, 0.1) is 6.92 Å². The fourth-order valence-electron chi connectivity index (χ4n) is 2.00. The lowest BCUT2D eigenvalue weighted by Gasteiger charge is -2.06. The van der Waals surface area contributed by atoms with Crippen LogP contribution in [-0.4, -0.2) is 11.5 Å². The molecule has 1 aromatic carbocycles. The Morgan fingerprint density at radius 3 is 2.57 bits per heavy atom. The fourth-order valence-corrected chi connectivity index (χ4v) is 3.14. The summed E-state index contributed by atoms with van der Waals surface area (Å²) in [6.07, 6.45) is -3.54. The van der Waals surface area contributed by atoms with E-state index in [9.17, 15) is 13.2 Å². The molecule has 0 radical (unpaired) electrons. The molecule has 2 rings (SSSR count). The third-order valence-electron chi connectivity index (χ3n) is 3.05. The Balaban J connectivity index is 2.38. The third-order valence-corrected chi connectivity index (χ3v) is 4.14. The van der Waals surface area contributed by atoms with Gasteiger partial charge in [-0.15, -0.1) is 11.3 Å². The molecule has 0 aliphatic carbocycles. The van der Waals surface area contributed by atoms with E-state index in [-0.39, 0.29) is 11.4 Å². The van der Waals surface area contributed by atoms with Crippen LogP contribution >= 0.6 is 11.3 Å².